The summed E-state index contributed by atoms with van der Waals surface area (Å²) >= 11 is 0. The Labute approximate surface area is 85.7 Å². The quantitative estimate of drug-likeness (QED) is 0.764. The molecule has 1 saturated heterocycles. The van der Waals surface area contributed by atoms with E-state index in [0.29, 0.717) is 13.1 Å². The molecule has 0 aromatic heterocycles. The van der Waals surface area contributed by atoms with Gasteiger partial charge in [0, 0.05) is 19.2 Å². The molecule has 3 nitrogen and oxygen atoms in total. The Bertz CT molecular complexity index is 378. The second-order valence-corrected chi connectivity index (χ2v) is 3.52. The molecule has 0 bridgehead atoms. The molecule has 5 heteroatoms. The molecule has 0 atom stereocenters. The fraction of sp³-hybridized carbons (Fsp3) is 0.300. The minimum absolute atomic E-state index is 0.0511. The lowest BCUT2D eigenvalue weighted by molar-refractivity contribution is -0.121. The van der Waals surface area contributed by atoms with Gasteiger partial charge in [-0.2, -0.15) is 0 Å². The van der Waals surface area contributed by atoms with Crippen molar-refractivity contribution in [2.45, 2.75) is 6.04 Å². The number of likely N-dealkylation sites (tertiary alicyclic amines) is 1. The van der Waals surface area contributed by atoms with Crippen LogP contribution in [-0.2, 0) is 4.79 Å². The zero-order valence-electron chi connectivity index (χ0n) is 7.91. The normalized spacial score (nSPS) is 16.0. The Hall–Kier alpha value is -1.65. The molecule has 1 heterocycles. The van der Waals surface area contributed by atoms with Gasteiger partial charge in [-0.1, -0.05) is 0 Å². The third kappa shape index (κ3) is 2.06. The van der Waals surface area contributed by atoms with Crippen LogP contribution < -0.4 is 5.32 Å². The van der Waals surface area contributed by atoms with Gasteiger partial charge in [0.05, 0.1) is 11.7 Å². The molecule has 0 spiro atoms. The first-order valence-corrected chi connectivity index (χ1v) is 4.60. The van der Waals surface area contributed by atoms with Crippen molar-refractivity contribution in [3.8, 4) is 0 Å². The Morgan fingerprint density at radius 1 is 1.40 bits per heavy atom. The summed E-state index contributed by atoms with van der Waals surface area (Å²) in [4.78, 5) is 11.8. The molecule has 80 valence electrons. The average molecular weight is 212 g/mol. The fourth-order valence-electron chi connectivity index (χ4n) is 1.52. The maximum atomic E-state index is 13.2. The van der Waals surface area contributed by atoms with Gasteiger partial charge >= 0.3 is 0 Å². The first-order chi connectivity index (χ1) is 7.19. The maximum Gasteiger partial charge on any atom is 0.209 e. The van der Waals surface area contributed by atoms with Crippen molar-refractivity contribution >= 4 is 12.1 Å². The van der Waals surface area contributed by atoms with Gasteiger partial charge in [0.1, 0.15) is 11.6 Å². The number of hydrogen-bond donors (Lipinski definition) is 1. The molecule has 2 rings (SSSR count). The lowest BCUT2D eigenvalue weighted by Gasteiger charge is -2.37. The van der Waals surface area contributed by atoms with Crippen molar-refractivity contribution in [1.82, 2.24) is 4.90 Å². The Morgan fingerprint density at radius 2 is 2.13 bits per heavy atom. The topological polar surface area (TPSA) is 32.3 Å². The molecule has 0 saturated carbocycles. The Morgan fingerprint density at radius 3 is 2.73 bits per heavy atom. The van der Waals surface area contributed by atoms with Crippen LogP contribution in [0, 0.1) is 11.6 Å². The van der Waals surface area contributed by atoms with E-state index in [0.717, 1.165) is 12.5 Å². The number of nitrogens with zero attached hydrogens (tertiary/aromatic N) is 1. The lowest BCUT2D eigenvalue weighted by Crippen LogP contribution is -2.53. The van der Waals surface area contributed by atoms with E-state index >= 15 is 0 Å². The zero-order valence-corrected chi connectivity index (χ0v) is 7.91. The number of carbonyl (C=O) groups excluding carboxylic acids is 1. The zero-order chi connectivity index (χ0) is 10.8. The smallest absolute Gasteiger partial charge is 0.209 e. The van der Waals surface area contributed by atoms with Crippen molar-refractivity contribution in [3.63, 3.8) is 0 Å². The second-order valence-electron chi connectivity index (χ2n) is 3.52. The van der Waals surface area contributed by atoms with Crippen molar-refractivity contribution in [1.29, 1.82) is 0 Å². The van der Waals surface area contributed by atoms with Crippen LogP contribution >= 0.6 is 0 Å². The highest BCUT2D eigenvalue weighted by Crippen LogP contribution is 2.18. The summed E-state index contributed by atoms with van der Waals surface area (Å²) in [6.07, 6.45) is 0.749. The van der Waals surface area contributed by atoms with E-state index < -0.39 is 11.6 Å². The predicted octanol–water partition coefficient (Wildman–Crippen LogP) is 1.22. The van der Waals surface area contributed by atoms with Crippen molar-refractivity contribution < 1.29 is 13.6 Å². The van der Waals surface area contributed by atoms with Gasteiger partial charge in [-0.05, 0) is 12.1 Å². The number of halogens is 2. The van der Waals surface area contributed by atoms with Crippen molar-refractivity contribution in [2.24, 2.45) is 0 Å². The highest BCUT2D eigenvalue weighted by molar-refractivity contribution is 5.52. The van der Waals surface area contributed by atoms with E-state index in [4.69, 9.17) is 0 Å². The molecule has 15 heavy (non-hydrogen) atoms. The first-order valence-electron chi connectivity index (χ1n) is 4.60. The molecule has 1 fully saturated rings. The van der Waals surface area contributed by atoms with Gasteiger partial charge in [-0.25, -0.2) is 8.78 Å². The number of amides is 1. The molecule has 0 unspecified atom stereocenters. The van der Waals surface area contributed by atoms with Crippen LogP contribution in [-0.4, -0.2) is 30.4 Å². The fourth-order valence-corrected chi connectivity index (χ4v) is 1.52. The maximum absolute atomic E-state index is 13.2. The first kappa shape index (κ1) is 9.89. The van der Waals surface area contributed by atoms with E-state index in [-0.39, 0.29) is 11.7 Å². The highest BCUT2D eigenvalue weighted by Gasteiger charge is 2.25. The van der Waals surface area contributed by atoms with E-state index in [9.17, 15) is 13.6 Å². The second kappa shape index (κ2) is 3.84. The summed E-state index contributed by atoms with van der Waals surface area (Å²) in [5.74, 6) is -1.21. The van der Waals surface area contributed by atoms with Gasteiger partial charge in [-0.15, -0.1) is 0 Å². The number of anilines is 1. The standard InChI is InChI=1S/C10H10F2N2O/c11-7-1-2-10(9(12)3-7)13-8-4-14(5-8)6-15/h1-3,6,8,13H,4-5H2. The molecule has 1 aliphatic rings. The lowest BCUT2D eigenvalue weighted by atomic mass is 10.1. The van der Waals surface area contributed by atoms with Crippen LogP contribution in [0.25, 0.3) is 0 Å². The summed E-state index contributed by atoms with van der Waals surface area (Å²) in [5, 5.41) is 2.90. The number of rotatable bonds is 3. The molecule has 1 aromatic rings. The SMILES string of the molecule is O=CN1CC(Nc2ccc(F)cc2F)C1. The number of hydrogen-bond acceptors (Lipinski definition) is 2. The van der Waals surface area contributed by atoms with E-state index in [2.05, 4.69) is 5.32 Å². The van der Waals surface area contributed by atoms with Crippen LogP contribution in [0.2, 0.25) is 0 Å². The van der Waals surface area contributed by atoms with E-state index in [1.807, 2.05) is 0 Å². The van der Waals surface area contributed by atoms with Crippen LogP contribution in [0.1, 0.15) is 0 Å². The third-order valence-electron chi connectivity index (χ3n) is 2.35. The van der Waals surface area contributed by atoms with Gasteiger partial charge in [0.2, 0.25) is 6.41 Å². The van der Waals surface area contributed by atoms with Gasteiger partial charge < -0.3 is 10.2 Å². The van der Waals surface area contributed by atoms with Gasteiger partial charge in [0.25, 0.3) is 0 Å². The van der Waals surface area contributed by atoms with E-state index in [1.54, 1.807) is 4.90 Å². The Balaban J connectivity index is 1.97. The summed E-state index contributed by atoms with van der Waals surface area (Å²) in [5.41, 5.74) is 0.270. The summed E-state index contributed by atoms with van der Waals surface area (Å²) in [6, 6.07) is 3.43. The minimum Gasteiger partial charge on any atom is -0.376 e. The van der Waals surface area contributed by atoms with Crippen molar-refractivity contribution in [3.05, 3.63) is 29.8 Å². The van der Waals surface area contributed by atoms with Crippen molar-refractivity contribution in [2.75, 3.05) is 18.4 Å². The van der Waals surface area contributed by atoms with Gasteiger partial charge in [0.15, 0.2) is 0 Å². The third-order valence-corrected chi connectivity index (χ3v) is 2.35. The van der Waals surface area contributed by atoms with Crippen LogP contribution in [0.5, 0.6) is 0 Å². The molecule has 1 amide bonds. The van der Waals surface area contributed by atoms with Crippen LogP contribution in [0.4, 0.5) is 14.5 Å². The average Bonchev–Trinajstić information content (AvgIpc) is 2.13. The summed E-state index contributed by atoms with van der Waals surface area (Å²) < 4.78 is 25.7. The predicted molar refractivity (Wildman–Crippen MR) is 51.4 cm³/mol. The molecule has 0 radical (unpaired) electrons. The van der Waals surface area contributed by atoms with E-state index in [1.165, 1.54) is 12.1 Å². The van der Waals surface area contributed by atoms with Crippen LogP contribution in [0.15, 0.2) is 18.2 Å². The molecular weight excluding hydrogens is 202 g/mol. The summed E-state index contributed by atoms with van der Waals surface area (Å²) in [6.45, 7) is 1.11. The summed E-state index contributed by atoms with van der Waals surface area (Å²) in [7, 11) is 0. The number of carbonyl (C=O) groups is 1. The molecular formula is C10H10F2N2O. The Kier molecular flexibility index (Phi) is 2.53. The largest absolute Gasteiger partial charge is 0.376 e. The molecule has 0 aliphatic carbocycles. The highest BCUT2D eigenvalue weighted by atomic mass is 19.1. The molecule has 1 aliphatic heterocycles. The molecule has 1 N–H and O–H groups in total. The molecule has 1 aromatic carbocycles. The number of benzene rings is 1. The van der Waals surface area contributed by atoms with Crippen LogP contribution in [0.3, 0.4) is 0 Å². The number of nitrogens with one attached hydrogen (secondary N) is 1. The monoisotopic (exact) mass is 212 g/mol. The van der Waals surface area contributed by atoms with Gasteiger partial charge in [-0.3, -0.25) is 4.79 Å². The minimum atomic E-state index is -0.612.